The summed E-state index contributed by atoms with van der Waals surface area (Å²) in [6.07, 6.45) is -4.47. The fourth-order valence-electron chi connectivity index (χ4n) is 2.15. The van der Waals surface area contributed by atoms with Gasteiger partial charge in [-0.25, -0.2) is 4.79 Å². The van der Waals surface area contributed by atoms with Crippen LogP contribution in [-0.2, 0) is 22.3 Å². The Morgan fingerprint density at radius 2 is 1.89 bits per heavy atom. The first-order chi connectivity index (χ1) is 12.7. The van der Waals surface area contributed by atoms with Crippen molar-refractivity contribution in [2.75, 3.05) is 13.7 Å². The number of ether oxygens (including phenoxy) is 2. The van der Waals surface area contributed by atoms with Gasteiger partial charge in [-0.05, 0) is 35.9 Å². The summed E-state index contributed by atoms with van der Waals surface area (Å²) in [7, 11) is 1.35. The minimum atomic E-state index is -4.47. The van der Waals surface area contributed by atoms with E-state index in [4.69, 9.17) is 21.1 Å². The fraction of sp³-hybridized carbons (Fsp3) is 0.222. The number of hydrogen-bond donors (Lipinski definition) is 1. The van der Waals surface area contributed by atoms with E-state index in [1.165, 1.54) is 37.4 Å². The molecular formula is C18H15ClF3NO4. The molecule has 0 heterocycles. The fourth-order valence-corrected chi connectivity index (χ4v) is 2.31. The van der Waals surface area contributed by atoms with Gasteiger partial charge in [-0.3, -0.25) is 4.79 Å². The molecule has 0 aliphatic heterocycles. The van der Waals surface area contributed by atoms with Crippen LogP contribution in [0.15, 0.2) is 42.5 Å². The van der Waals surface area contributed by atoms with Gasteiger partial charge in [-0.1, -0.05) is 23.7 Å². The van der Waals surface area contributed by atoms with Gasteiger partial charge < -0.3 is 14.8 Å². The molecule has 5 nitrogen and oxygen atoms in total. The summed E-state index contributed by atoms with van der Waals surface area (Å²) in [5.41, 5.74) is -0.452. The largest absolute Gasteiger partial charge is 0.496 e. The van der Waals surface area contributed by atoms with Gasteiger partial charge in [-0.15, -0.1) is 0 Å². The van der Waals surface area contributed by atoms with Crippen LogP contribution in [0.3, 0.4) is 0 Å². The monoisotopic (exact) mass is 401 g/mol. The van der Waals surface area contributed by atoms with Crippen LogP contribution in [0.4, 0.5) is 13.2 Å². The van der Waals surface area contributed by atoms with E-state index >= 15 is 0 Å². The van der Waals surface area contributed by atoms with E-state index in [9.17, 15) is 22.8 Å². The van der Waals surface area contributed by atoms with Gasteiger partial charge in [0, 0.05) is 11.6 Å². The van der Waals surface area contributed by atoms with Crippen LogP contribution in [0, 0.1) is 0 Å². The maximum absolute atomic E-state index is 12.7. The number of nitrogens with one attached hydrogen (secondary N) is 1. The normalized spacial score (nSPS) is 11.0. The lowest BCUT2D eigenvalue weighted by Gasteiger charge is -2.11. The van der Waals surface area contributed by atoms with Crippen LogP contribution in [0.25, 0.3) is 0 Å². The Labute approximate surface area is 158 Å². The smallest absolute Gasteiger partial charge is 0.416 e. The van der Waals surface area contributed by atoms with Crippen molar-refractivity contribution in [1.29, 1.82) is 0 Å². The van der Waals surface area contributed by atoms with E-state index < -0.39 is 30.2 Å². The molecule has 0 spiro atoms. The molecule has 0 aromatic heterocycles. The molecule has 2 aromatic carbocycles. The van der Waals surface area contributed by atoms with Crippen LogP contribution in [-0.4, -0.2) is 25.6 Å². The van der Waals surface area contributed by atoms with Gasteiger partial charge in [0.2, 0.25) is 0 Å². The van der Waals surface area contributed by atoms with Crippen molar-refractivity contribution in [3.63, 3.8) is 0 Å². The zero-order valence-electron chi connectivity index (χ0n) is 14.1. The molecule has 0 aliphatic carbocycles. The summed E-state index contributed by atoms with van der Waals surface area (Å²) >= 11 is 5.80. The zero-order valence-corrected chi connectivity index (χ0v) is 14.9. The molecule has 144 valence electrons. The molecule has 2 rings (SSSR count). The van der Waals surface area contributed by atoms with Crippen molar-refractivity contribution >= 4 is 23.5 Å². The average molecular weight is 402 g/mol. The highest BCUT2D eigenvalue weighted by atomic mass is 35.5. The number of carbonyl (C=O) groups is 2. The second-order valence-electron chi connectivity index (χ2n) is 5.40. The lowest BCUT2D eigenvalue weighted by molar-refractivity contribution is -0.137. The Morgan fingerprint density at radius 1 is 1.15 bits per heavy atom. The Bertz CT molecular complexity index is 840. The summed E-state index contributed by atoms with van der Waals surface area (Å²) in [5, 5.41) is 2.75. The molecule has 2 aromatic rings. The summed E-state index contributed by atoms with van der Waals surface area (Å²) in [6.45, 7) is -0.728. The van der Waals surface area contributed by atoms with E-state index in [1.807, 2.05) is 0 Å². The maximum Gasteiger partial charge on any atom is 0.416 e. The first-order valence-corrected chi connectivity index (χ1v) is 8.02. The molecule has 27 heavy (non-hydrogen) atoms. The summed E-state index contributed by atoms with van der Waals surface area (Å²) < 4.78 is 47.9. The van der Waals surface area contributed by atoms with E-state index in [-0.39, 0.29) is 23.4 Å². The number of amides is 1. The molecule has 0 bridgehead atoms. The van der Waals surface area contributed by atoms with E-state index in [0.717, 1.165) is 12.1 Å². The van der Waals surface area contributed by atoms with Gasteiger partial charge in [0.15, 0.2) is 6.61 Å². The van der Waals surface area contributed by atoms with E-state index in [0.29, 0.717) is 5.02 Å². The van der Waals surface area contributed by atoms with Gasteiger partial charge >= 0.3 is 12.1 Å². The van der Waals surface area contributed by atoms with Crippen molar-refractivity contribution in [3.05, 3.63) is 64.2 Å². The van der Waals surface area contributed by atoms with Crippen LogP contribution in [0.2, 0.25) is 5.02 Å². The van der Waals surface area contributed by atoms with Crippen LogP contribution in [0.5, 0.6) is 5.75 Å². The van der Waals surface area contributed by atoms with Crippen molar-refractivity contribution in [3.8, 4) is 5.75 Å². The Kier molecular flexibility index (Phi) is 6.68. The maximum atomic E-state index is 12.7. The first-order valence-electron chi connectivity index (χ1n) is 7.64. The molecule has 1 amide bonds. The SMILES string of the molecule is COc1cc(Cl)ccc1C(=O)OCC(=O)NCc1cccc(C(F)(F)F)c1. The molecule has 0 saturated heterocycles. The Morgan fingerprint density at radius 3 is 2.56 bits per heavy atom. The number of rotatable bonds is 6. The third-order valence-corrected chi connectivity index (χ3v) is 3.70. The number of benzene rings is 2. The third-order valence-electron chi connectivity index (χ3n) is 3.46. The summed E-state index contributed by atoms with van der Waals surface area (Å²) in [6, 6.07) is 8.85. The molecule has 0 atom stereocenters. The summed E-state index contributed by atoms with van der Waals surface area (Å²) in [4.78, 5) is 23.8. The highest BCUT2D eigenvalue weighted by Gasteiger charge is 2.30. The van der Waals surface area contributed by atoms with E-state index in [1.54, 1.807) is 0 Å². The van der Waals surface area contributed by atoms with Gasteiger partial charge in [0.1, 0.15) is 11.3 Å². The Balaban J connectivity index is 1.89. The quantitative estimate of drug-likeness (QED) is 0.747. The predicted molar refractivity (Wildman–Crippen MR) is 91.6 cm³/mol. The molecule has 0 unspecified atom stereocenters. The number of hydrogen-bond acceptors (Lipinski definition) is 4. The van der Waals surface area contributed by atoms with Crippen LogP contribution >= 0.6 is 11.6 Å². The number of halogens is 4. The predicted octanol–water partition coefficient (Wildman–Crippen LogP) is 3.84. The second kappa shape index (κ2) is 8.77. The molecular weight excluding hydrogens is 387 g/mol. The number of carbonyl (C=O) groups excluding carboxylic acids is 2. The van der Waals surface area contributed by atoms with Gasteiger partial charge in [0.25, 0.3) is 5.91 Å². The van der Waals surface area contributed by atoms with E-state index in [2.05, 4.69) is 5.32 Å². The molecule has 1 N–H and O–H groups in total. The van der Waals surface area contributed by atoms with Crippen molar-refractivity contribution < 1.29 is 32.2 Å². The van der Waals surface area contributed by atoms with Gasteiger partial charge in [0.05, 0.1) is 12.7 Å². The van der Waals surface area contributed by atoms with Crippen molar-refractivity contribution in [2.24, 2.45) is 0 Å². The molecule has 0 fully saturated rings. The minimum Gasteiger partial charge on any atom is -0.496 e. The molecule has 0 saturated carbocycles. The number of methoxy groups -OCH3 is 1. The number of esters is 1. The standard InChI is InChI=1S/C18H15ClF3NO4/c1-26-15-8-13(19)5-6-14(15)17(25)27-10-16(24)23-9-11-3-2-4-12(7-11)18(20,21)22/h2-8H,9-10H2,1H3,(H,23,24). The minimum absolute atomic E-state index is 0.0904. The highest BCUT2D eigenvalue weighted by molar-refractivity contribution is 6.30. The third kappa shape index (κ3) is 5.89. The topological polar surface area (TPSA) is 64.6 Å². The van der Waals surface area contributed by atoms with Crippen LogP contribution < -0.4 is 10.1 Å². The van der Waals surface area contributed by atoms with Crippen LogP contribution in [0.1, 0.15) is 21.5 Å². The molecule has 0 radical (unpaired) electrons. The Hall–Kier alpha value is -2.74. The average Bonchev–Trinajstić information content (AvgIpc) is 2.63. The number of alkyl halides is 3. The first kappa shape index (κ1) is 20.6. The molecule has 9 heteroatoms. The molecule has 0 aliphatic rings. The lowest BCUT2D eigenvalue weighted by atomic mass is 10.1. The summed E-state index contributed by atoms with van der Waals surface area (Å²) in [5.74, 6) is -1.26. The lowest BCUT2D eigenvalue weighted by Crippen LogP contribution is -2.28. The van der Waals surface area contributed by atoms with Crippen molar-refractivity contribution in [2.45, 2.75) is 12.7 Å². The zero-order chi connectivity index (χ0) is 20.0. The van der Waals surface area contributed by atoms with Crippen molar-refractivity contribution in [1.82, 2.24) is 5.32 Å². The second-order valence-corrected chi connectivity index (χ2v) is 5.83. The van der Waals surface area contributed by atoms with Gasteiger partial charge in [-0.2, -0.15) is 13.2 Å². The highest BCUT2D eigenvalue weighted by Crippen LogP contribution is 2.29.